The molecule has 3 rings (SSSR count). The highest BCUT2D eigenvalue weighted by atomic mass is 16.5. The van der Waals surface area contributed by atoms with Crippen LogP contribution in [0.3, 0.4) is 0 Å². The first-order valence-electron chi connectivity index (χ1n) is 13.1. The predicted octanol–water partition coefficient (Wildman–Crippen LogP) is 6.53. The van der Waals surface area contributed by atoms with Crippen LogP contribution in [0, 0.1) is 12.8 Å². The topological polar surface area (TPSA) is 78.8 Å². The summed E-state index contributed by atoms with van der Waals surface area (Å²) in [7, 11) is 0. The Bertz CT molecular complexity index is 963. The first-order chi connectivity index (χ1) is 16.7. The summed E-state index contributed by atoms with van der Waals surface area (Å²) in [4.78, 5) is 11.4. The lowest BCUT2D eigenvalue weighted by atomic mass is 9.86. The van der Waals surface area contributed by atoms with Crippen LogP contribution in [0.25, 0.3) is 11.1 Å². The Kier molecular flexibility index (Phi) is 9.90. The lowest BCUT2D eigenvalue weighted by Crippen LogP contribution is -2.45. The van der Waals surface area contributed by atoms with Gasteiger partial charge in [0.1, 0.15) is 0 Å². The van der Waals surface area contributed by atoms with Crippen molar-refractivity contribution in [2.75, 3.05) is 13.2 Å². The molecule has 0 amide bonds. The molecule has 1 aliphatic carbocycles. The zero-order chi connectivity index (χ0) is 25.4. The van der Waals surface area contributed by atoms with Crippen molar-refractivity contribution in [3.05, 3.63) is 59.2 Å². The molecule has 3 N–H and O–H groups in total. The summed E-state index contributed by atoms with van der Waals surface area (Å²) in [6.07, 6.45) is 8.43. The highest BCUT2D eigenvalue weighted by Gasteiger charge is 2.25. The van der Waals surface area contributed by atoms with E-state index in [0.717, 1.165) is 34.6 Å². The number of aliphatic hydroxyl groups is 1. The second kappa shape index (κ2) is 12.7. The lowest BCUT2D eigenvalue weighted by Gasteiger charge is -2.32. The van der Waals surface area contributed by atoms with E-state index in [4.69, 9.17) is 4.74 Å². The monoisotopic (exact) mass is 481 g/mol. The minimum absolute atomic E-state index is 0.00578. The van der Waals surface area contributed by atoms with E-state index < -0.39 is 12.1 Å². The number of hydrogen-bond acceptors (Lipinski definition) is 4. The number of ether oxygens (including phenoxy) is 1. The Balaban J connectivity index is 1.55. The summed E-state index contributed by atoms with van der Waals surface area (Å²) in [6.45, 7) is 9.04. The van der Waals surface area contributed by atoms with E-state index in [1.165, 1.54) is 38.5 Å². The number of aryl methyl sites for hydroxylation is 1. The first kappa shape index (κ1) is 27.4. The van der Waals surface area contributed by atoms with Crippen LogP contribution in [-0.2, 0) is 4.74 Å². The molecule has 5 heteroatoms. The molecular weight excluding hydrogens is 438 g/mol. The average Bonchev–Trinajstić information content (AvgIpc) is 3.09. The number of rotatable bonds is 11. The molecule has 0 heterocycles. The molecule has 1 saturated carbocycles. The van der Waals surface area contributed by atoms with Crippen molar-refractivity contribution in [3.8, 4) is 11.1 Å². The molecule has 0 bridgehead atoms. The quantitative estimate of drug-likeness (QED) is 0.318. The second-order valence-electron chi connectivity index (χ2n) is 10.9. The van der Waals surface area contributed by atoms with E-state index in [1.807, 2.05) is 50.2 Å². The van der Waals surface area contributed by atoms with Crippen LogP contribution in [0.5, 0.6) is 0 Å². The highest BCUT2D eigenvalue weighted by molar-refractivity contribution is 5.90. The molecule has 0 aromatic heterocycles. The van der Waals surface area contributed by atoms with Crippen molar-refractivity contribution >= 4 is 5.97 Å². The average molecular weight is 482 g/mol. The molecule has 2 aromatic rings. The molecular formula is C30H43NO4. The van der Waals surface area contributed by atoms with Gasteiger partial charge in [-0.1, -0.05) is 74.9 Å². The molecule has 0 spiro atoms. The van der Waals surface area contributed by atoms with Crippen LogP contribution in [0.4, 0.5) is 0 Å². The Morgan fingerprint density at radius 2 is 1.80 bits per heavy atom. The summed E-state index contributed by atoms with van der Waals surface area (Å²) in [5.41, 5.74) is 4.02. The summed E-state index contributed by atoms with van der Waals surface area (Å²) in [5, 5.41) is 23.5. The van der Waals surface area contributed by atoms with Crippen molar-refractivity contribution in [2.45, 2.75) is 90.4 Å². The maximum atomic E-state index is 11.4. The van der Waals surface area contributed by atoms with Gasteiger partial charge >= 0.3 is 5.97 Å². The third-order valence-electron chi connectivity index (χ3n) is 7.30. The normalized spacial score (nSPS) is 17.1. The smallest absolute Gasteiger partial charge is 0.335 e. The van der Waals surface area contributed by atoms with E-state index in [9.17, 15) is 15.0 Å². The van der Waals surface area contributed by atoms with Crippen LogP contribution in [0.1, 0.15) is 93.3 Å². The molecule has 1 aliphatic rings. The van der Waals surface area contributed by atoms with Crippen molar-refractivity contribution in [1.82, 2.24) is 5.32 Å². The van der Waals surface area contributed by atoms with Gasteiger partial charge in [-0.05, 0) is 68.4 Å². The molecule has 0 saturated heterocycles. The Morgan fingerprint density at radius 3 is 2.46 bits per heavy atom. The molecule has 5 nitrogen and oxygen atoms in total. The number of carboxylic acids is 1. The van der Waals surface area contributed by atoms with Crippen molar-refractivity contribution in [3.63, 3.8) is 0 Å². The van der Waals surface area contributed by atoms with Crippen molar-refractivity contribution < 1.29 is 19.7 Å². The fraction of sp³-hybridized carbons (Fsp3) is 0.567. The number of carbonyl (C=O) groups is 1. The van der Waals surface area contributed by atoms with E-state index >= 15 is 0 Å². The van der Waals surface area contributed by atoms with Crippen LogP contribution in [-0.4, -0.2) is 41.0 Å². The summed E-state index contributed by atoms with van der Waals surface area (Å²) in [6, 6.07) is 13.4. The van der Waals surface area contributed by atoms with E-state index in [-0.39, 0.29) is 18.2 Å². The van der Waals surface area contributed by atoms with Crippen LogP contribution < -0.4 is 5.32 Å². The van der Waals surface area contributed by atoms with Crippen molar-refractivity contribution in [1.29, 1.82) is 0 Å². The van der Waals surface area contributed by atoms with E-state index in [2.05, 4.69) is 19.2 Å². The molecule has 2 atom stereocenters. The van der Waals surface area contributed by atoms with E-state index in [1.54, 1.807) is 6.07 Å². The molecule has 0 unspecified atom stereocenters. The largest absolute Gasteiger partial charge is 0.478 e. The number of aromatic carboxylic acids is 1. The minimum atomic E-state index is -0.918. The zero-order valence-electron chi connectivity index (χ0n) is 21.8. The van der Waals surface area contributed by atoms with Gasteiger partial charge in [0.05, 0.1) is 24.4 Å². The van der Waals surface area contributed by atoms with Gasteiger partial charge in [-0.2, -0.15) is 0 Å². The number of β-amino-alcohol motifs (C(OH)–C–C–N with tert-alkyl or cyclic N) is 1. The summed E-state index contributed by atoms with van der Waals surface area (Å²) in [5.74, 6) is -0.142. The molecule has 35 heavy (non-hydrogen) atoms. The number of carboxylic acid groups (broad SMARTS) is 1. The van der Waals surface area contributed by atoms with Gasteiger partial charge in [0.15, 0.2) is 0 Å². The number of benzene rings is 2. The Labute approximate surface area is 210 Å². The number of nitrogens with one attached hydrogen (secondary N) is 1. The Hall–Kier alpha value is -2.21. The standard InChI is InChI=1S/C30H43NO4/c1-21-17-24(15-16-26(21)29(33)34)28-14-10-9-13-27(28)22(2)35-20-25(32)19-31-30(3,4)18-23-11-7-5-6-8-12-23/h9-10,13-17,22-23,25,31-32H,5-8,11-12,18-20H2,1-4H3,(H,33,34)/t22-,25+/m1/s1. The fourth-order valence-corrected chi connectivity index (χ4v) is 5.35. The Morgan fingerprint density at radius 1 is 1.11 bits per heavy atom. The highest BCUT2D eigenvalue weighted by Crippen LogP contribution is 2.32. The van der Waals surface area contributed by atoms with Crippen molar-refractivity contribution in [2.24, 2.45) is 5.92 Å². The minimum Gasteiger partial charge on any atom is -0.478 e. The SMILES string of the molecule is Cc1cc(-c2ccccc2[C@@H](C)OC[C@@H](O)CNC(C)(C)CC2CCCCCC2)ccc1C(=O)O. The molecule has 0 aliphatic heterocycles. The first-order valence-corrected chi connectivity index (χ1v) is 13.1. The maximum Gasteiger partial charge on any atom is 0.335 e. The molecule has 2 aromatic carbocycles. The molecule has 192 valence electrons. The van der Waals surface area contributed by atoms with Gasteiger partial charge in [-0.25, -0.2) is 4.79 Å². The van der Waals surface area contributed by atoms with Crippen LogP contribution in [0.15, 0.2) is 42.5 Å². The maximum absolute atomic E-state index is 11.4. The second-order valence-corrected chi connectivity index (χ2v) is 10.9. The zero-order valence-corrected chi connectivity index (χ0v) is 21.8. The van der Waals surface area contributed by atoms with Crippen LogP contribution >= 0.6 is 0 Å². The summed E-state index contributed by atoms with van der Waals surface area (Å²) < 4.78 is 6.09. The number of hydrogen-bond donors (Lipinski definition) is 3. The summed E-state index contributed by atoms with van der Waals surface area (Å²) >= 11 is 0. The number of aliphatic hydroxyl groups excluding tert-OH is 1. The molecule has 0 radical (unpaired) electrons. The van der Waals surface area contributed by atoms with Gasteiger partial charge in [0.25, 0.3) is 0 Å². The predicted molar refractivity (Wildman–Crippen MR) is 142 cm³/mol. The van der Waals surface area contributed by atoms with Gasteiger partial charge in [0.2, 0.25) is 0 Å². The van der Waals surface area contributed by atoms with Crippen LogP contribution in [0.2, 0.25) is 0 Å². The van der Waals surface area contributed by atoms with E-state index in [0.29, 0.717) is 12.1 Å². The van der Waals surface area contributed by atoms with Gasteiger partial charge in [0, 0.05) is 12.1 Å². The lowest BCUT2D eigenvalue weighted by molar-refractivity contribution is -0.00446. The third kappa shape index (κ3) is 8.16. The molecule has 1 fully saturated rings. The fourth-order valence-electron chi connectivity index (χ4n) is 5.35. The van der Waals surface area contributed by atoms with Gasteiger partial charge in [-0.3, -0.25) is 0 Å². The third-order valence-corrected chi connectivity index (χ3v) is 7.30. The van der Waals surface area contributed by atoms with Gasteiger partial charge < -0.3 is 20.3 Å². The van der Waals surface area contributed by atoms with Gasteiger partial charge in [-0.15, -0.1) is 0 Å².